The Morgan fingerprint density at radius 2 is 1.43 bits per heavy atom. The number of nitrogens with zero attached hydrogens (tertiary/aromatic N) is 3. The molecule has 4 aromatic carbocycles. The molecule has 0 amide bonds. The van der Waals surface area contributed by atoms with Crippen LogP contribution in [0.4, 0.5) is 0 Å². The standard InChI is InChI=1S/C21H13N2O.C20H18N.Ir/c1-13-5-8-19(23-11-13)18-4-2-3-16-17-7-6-14-12-22-10-9-15(14)20(17)24-21(16)18;1-14-9-10-18(20-11-15(2)16(3)13-21-20)12-19(14)17-7-5-4-6-8-17;/h2-3,5-12H,1H3;4-9,11-13H,1-3H3;/q2*-1;. The first-order chi connectivity index (χ1) is 22.0. The molecule has 0 aliphatic carbocycles. The molecule has 0 aliphatic heterocycles. The third-order valence-corrected chi connectivity index (χ3v) is 8.27. The van der Waals surface area contributed by atoms with Crippen molar-refractivity contribution in [1.82, 2.24) is 15.0 Å². The van der Waals surface area contributed by atoms with Crippen molar-refractivity contribution in [3.05, 3.63) is 150 Å². The summed E-state index contributed by atoms with van der Waals surface area (Å²) in [6.07, 6.45) is 7.45. The van der Waals surface area contributed by atoms with Crippen LogP contribution in [-0.4, -0.2) is 15.0 Å². The number of fused-ring (bicyclic) bond motifs is 5. The van der Waals surface area contributed by atoms with Gasteiger partial charge in [-0.25, -0.2) is 0 Å². The fourth-order valence-electron chi connectivity index (χ4n) is 5.58. The van der Waals surface area contributed by atoms with Crippen molar-refractivity contribution in [3.8, 4) is 33.6 Å². The van der Waals surface area contributed by atoms with Crippen molar-refractivity contribution in [2.24, 2.45) is 0 Å². The maximum Gasteiger partial charge on any atom is 0.128 e. The predicted octanol–water partition coefficient (Wildman–Crippen LogP) is 10.4. The Kier molecular flexibility index (Phi) is 8.89. The van der Waals surface area contributed by atoms with E-state index in [-0.39, 0.29) is 20.1 Å². The van der Waals surface area contributed by atoms with Crippen molar-refractivity contribution in [2.45, 2.75) is 27.7 Å². The molecule has 0 saturated heterocycles. The molecule has 8 rings (SSSR count). The summed E-state index contributed by atoms with van der Waals surface area (Å²) in [5, 5.41) is 4.33. The van der Waals surface area contributed by atoms with Crippen molar-refractivity contribution < 1.29 is 24.5 Å². The van der Waals surface area contributed by atoms with E-state index >= 15 is 0 Å². The monoisotopic (exact) mass is 774 g/mol. The predicted molar refractivity (Wildman–Crippen MR) is 184 cm³/mol. The van der Waals surface area contributed by atoms with E-state index in [1.54, 1.807) is 6.20 Å². The van der Waals surface area contributed by atoms with Crippen LogP contribution in [-0.2, 0) is 20.1 Å². The van der Waals surface area contributed by atoms with E-state index in [0.717, 1.165) is 60.8 Å². The van der Waals surface area contributed by atoms with E-state index < -0.39 is 0 Å². The number of hydrogen-bond acceptors (Lipinski definition) is 4. The molecule has 0 N–H and O–H groups in total. The first-order valence-electron chi connectivity index (χ1n) is 15.0. The Balaban J connectivity index is 0.000000160. The first-order valence-corrected chi connectivity index (χ1v) is 15.0. The van der Waals surface area contributed by atoms with Gasteiger partial charge in [-0.05, 0) is 54.9 Å². The molecular formula is C41H31IrN3O-2. The molecule has 1 radical (unpaired) electrons. The zero-order valence-corrected chi connectivity index (χ0v) is 28.4. The number of pyridine rings is 3. The molecule has 0 aliphatic rings. The summed E-state index contributed by atoms with van der Waals surface area (Å²) in [7, 11) is 0. The Morgan fingerprint density at radius 3 is 2.22 bits per heavy atom. The van der Waals surface area contributed by atoms with Crippen molar-refractivity contribution >= 4 is 32.7 Å². The molecule has 0 atom stereocenters. The minimum Gasteiger partial charge on any atom is -0.500 e. The summed E-state index contributed by atoms with van der Waals surface area (Å²) in [5.74, 6) is 0. The fraction of sp³-hybridized carbons (Fsp3) is 0.0976. The molecule has 4 nitrogen and oxygen atoms in total. The Bertz CT molecular complexity index is 2310. The Morgan fingerprint density at radius 1 is 0.630 bits per heavy atom. The number of aryl methyl sites for hydroxylation is 4. The summed E-state index contributed by atoms with van der Waals surface area (Å²) in [5.41, 5.74) is 12.8. The zero-order valence-electron chi connectivity index (χ0n) is 26.1. The van der Waals surface area contributed by atoms with Crippen molar-refractivity contribution in [1.29, 1.82) is 0 Å². The summed E-state index contributed by atoms with van der Waals surface area (Å²) >= 11 is 0. The van der Waals surface area contributed by atoms with Gasteiger partial charge in [0.1, 0.15) is 5.58 Å². The molecule has 0 spiro atoms. The molecular weight excluding hydrogens is 743 g/mol. The third-order valence-electron chi connectivity index (χ3n) is 8.27. The molecule has 5 heteroatoms. The van der Waals surface area contributed by atoms with Gasteiger partial charge in [-0.2, -0.15) is 0 Å². The van der Waals surface area contributed by atoms with Crippen LogP contribution < -0.4 is 0 Å². The summed E-state index contributed by atoms with van der Waals surface area (Å²) < 4.78 is 6.28. The van der Waals surface area contributed by atoms with Gasteiger partial charge in [-0.3, -0.25) is 4.98 Å². The van der Waals surface area contributed by atoms with Crippen LogP contribution in [0.1, 0.15) is 22.3 Å². The Hall–Kier alpha value is -4.96. The van der Waals surface area contributed by atoms with Crippen LogP contribution >= 0.6 is 0 Å². The van der Waals surface area contributed by atoms with Gasteiger partial charge in [-0.1, -0.05) is 89.7 Å². The van der Waals surface area contributed by atoms with Crippen molar-refractivity contribution in [2.75, 3.05) is 0 Å². The van der Waals surface area contributed by atoms with Gasteiger partial charge in [0.2, 0.25) is 0 Å². The molecule has 0 saturated carbocycles. The number of furan rings is 1. The average Bonchev–Trinajstić information content (AvgIpc) is 3.47. The summed E-state index contributed by atoms with van der Waals surface area (Å²) in [6.45, 7) is 8.35. The third kappa shape index (κ3) is 6.00. The van der Waals surface area contributed by atoms with Gasteiger partial charge in [-0.15, -0.1) is 47.5 Å². The fourth-order valence-corrected chi connectivity index (χ4v) is 5.58. The van der Waals surface area contributed by atoms with Gasteiger partial charge in [0.25, 0.3) is 0 Å². The molecule has 8 aromatic rings. The van der Waals surface area contributed by atoms with Crippen LogP contribution in [0.25, 0.3) is 66.4 Å². The number of aromatic nitrogens is 3. The van der Waals surface area contributed by atoms with Crippen LogP contribution in [0.15, 0.2) is 120 Å². The van der Waals surface area contributed by atoms with Gasteiger partial charge >= 0.3 is 0 Å². The van der Waals surface area contributed by atoms with Crippen LogP contribution in [0, 0.1) is 39.8 Å². The van der Waals surface area contributed by atoms with Gasteiger partial charge in [0.05, 0.1) is 5.58 Å². The zero-order chi connectivity index (χ0) is 30.9. The topological polar surface area (TPSA) is 51.8 Å². The van der Waals surface area contributed by atoms with E-state index in [2.05, 4.69) is 109 Å². The first kappa shape index (κ1) is 31.0. The average molecular weight is 774 g/mol. The molecule has 4 heterocycles. The van der Waals surface area contributed by atoms with Gasteiger partial charge in [0, 0.05) is 61.1 Å². The minimum absolute atomic E-state index is 0. The largest absolute Gasteiger partial charge is 0.500 e. The molecule has 0 fully saturated rings. The van der Waals surface area contributed by atoms with E-state index in [1.165, 1.54) is 27.8 Å². The van der Waals surface area contributed by atoms with E-state index in [1.807, 2.05) is 55.8 Å². The Labute approximate surface area is 282 Å². The van der Waals surface area contributed by atoms with E-state index in [0.29, 0.717) is 0 Å². The SMILES string of the molecule is Cc1ccc(-c2[c-]ccc3c2oc2c4ccncc4ccc32)nc1.Cc1cnc(-c2[c-]cc(C)c(-c3ccccc3)c2)cc1C.[Ir]. The second kappa shape index (κ2) is 13.2. The molecule has 46 heavy (non-hydrogen) atoms. The maximum atomic E-state index is 6.28. The summed E-state index contributed by atoms with van der Waals surface area (Å²) in [4.78, 5) is 13.3. The summed E-state index contributed by atoms with van der Waals surface area (Å²) in [6, 6.07) is 37.7. The van der Waals surface area contributed by atoms with E-state index in [9.17, 15) is 0 Å². The smallest absolute Gasteiger partial charge is 0.128 e. The normalized spacial score (nSPS) is 10.9. The number of benzene rings is 4. The molecule has 4 aromatic heterocycles. The molecule has 0 bridgehead atoms. The quantitative estimate of drug-likeness (QED) is 0.168. The van der Waals surface area contributed by atoms with Gasteiger partial charge < -0.3 is 14.4 Å². The minimum atomic E-state index is 0. The maximum absolute atomic E-state index is 6.28. The van der Waals surface area contributed by atoms with Crippen molar-refractivity contribution in [3.63, 3.8) is 0 Å². The second-order valence-electron chi connectivity index (χ2n) is 11.4. The number of rotatable bonds is 3. The van der Waals surface area contributed by atoms with Crippen LogP contribution in [0.3, 0.4) is 0 Å². The molecule has 0 unspecified atom stereocenters. The van der Waals surface area contributed by atoms with Crippen LogP contribution in [0.2, 0.25) is 0 Å². The van der Waals surface area contributed by atoms with E-state index in [4.69, 9.17) is 4.42 Å². The van der Waals surface area contributed by atoms with Gasteiger partial charge in [0.15, 0.2) is 0 Å². The molecule has 227 valence electrons. The second-order valence-corrected chi connectivity index (χ2v) is 11.4. The number of hydrogen-bond donors (Lipinski definition) is 0. The van der Waals surface area contributed by atoms with Crippen LogP contribution in [0.5, 0.6) is 0 Å².